The number of carbonyl (C=O) groups excluding carboxylic acids is 1. The summed E-state index contributed by atoms with van der Waals surface area (Å²) in [4.78, 5) is 33.6. The molecule has 8 nitrogen and oxygen atoms in total. The van der Waals surface area contributed by atoms with Crippen LogP contribution in [0.5, 0.6) is 0 Å². The normalized spacial score (nSPS) is 11.0. The molecular weight excluding hydrogens is 375 g/mol. The van der Waals surface area contributed by atoms with Crippen LogP contribution < -0.4 is 10.9 Å². The van der Waals surface area contributed by atoms with Gasteiger partial charge in [-0.15, -0.1) is 0 Å². The summed E-state index contributed by atoms with van der Waals surface area (Å²) >= 11 is 0. The van der Waals surface area contributed by atoms with Crippen molar-refractivity contribution in [3.8, 4) is 5.69 Å². The molecule has 146 valence electrons. The molecule has 0 aliphatic carbocycles. The van der Waals surface area contributed by atoms with Crippen molar-refractivity contribution in [3.05, 3.63) is 76.9 Å². The molecule has 0 fully saturated rings. The Morgan fingerprint density at radius 1 is 1.17 bits per heavy atom. The van der Waals surface area contributed by atoms with Crippen LogP contribution >= 0.6 is 0 Å². The van der Waals surface area contributed by atoms with Crippen molar-refractivity contribution in [3.63, 3.8) is 0 Å². The minimum Gasteiger partial charge on any atom is -0.311 e. The highest BCUT2D eigenvalue weighted by atomic mass is 19.1. The largest absolute Gasteiger partial charge is 0.311 e. The number of hydrogen-bond donors (Lipinski definition) is 1. The maximum absolute atomic E-state index is 13.2. The minimum absolute atomic E-state index is 0.0939. The van der Waals surface area contributed by atoms with Crippen molar-refractivity contribution in [2.75, 3.05) is 5.32 Å². The zero-order chi connectivity index (χ0) is 20.4. The van der Waals surface area contributed by atoms with E-state index in [9.17, 15) is 14.0 Å². The molecule has 29 heavy (non-hydrogen) atoms. The molecule has 4 rings (SSSR count). The summed E-state index contributed by atoms with van der Waals surface area (Å²) in [6.07, 6.45) is 3.11. The van der Waals surface area contributed by atoms with Gasteiger partial charge >= 0.3 is 0 Å². The van der Waals surface area contributed by atoms with Crippen LogP contribution in [0.3, 0.4) is 0 Å². The van der Waals surface area contributed by atoms with Crippen LogP contribution in [-0.4, -0.2) is 30.2 Å². The van der Waals surface area contributed by atoms with Crippen molar-refractivity contribution in [2.45, 2.75) is 19.9 Å². The van der Waals surface area contributed by atoms with Crippen LogP contribution in [0.25, 0.3) is 16.7 Å². The fourth-order valence-corrected chi connectivity index (χ4v) is 3.00. The Labute approximate surface area is 164 Å². The summed E-state index contributed by atoms with van der Waals surface area (Å²) in [5.74, 6) is 0.297. The van der Waals surface area contributed by atoms with Crippen LogP contribution in [0, 0.1) is 12.7 Å². The lowest BCUT2D eigenvalue weighted by Gasteiger charge is -2.10. The Balaban J connectivity index is 1.59. The lowest BCUT2D eigenvalue weighted by atomic mass is 10.3. The minimum atomic E-state index is -0.360. The van der Waals surface area contributed by atoms with E-state index in [1.807, 2.05) is 0 Å². The van der Waals surface area contributed by atoms with Gasteiger partial charge in [-0.1, -0.05) is 6.07 Å². The van der Waals surface area contributed by atoms with Crippen molar-refractivity contribution in [1.29, 1.82) is 0 Å². The van der Waals surface area contributed by atoms with E-state index in [1.54, 1.807) is 43.5 Å². The number of pyridine rings is 1. The molecule has 0 spiro atoms. The smallest absolute Gasteiger partial charge is 0.264 e. The second-order valence-electron chi connectivity index (χ2n) is 6.40. The molecule has 0 atom stereocenters. The molecule has 0 unspecified atom stereocenters. The quantitative estimate of drug-likeness (QED) is 0.563. The molecular formula is C20H17FN6O2. The van der Waals surface area contributed by atoms with Crippen molar-refractivity contribution in [2.24, 2.45) is 0 Å². The summed E-state index contributed by atoms with van der Waals surface area (Å²) in [5, 5.41) is 7.23. The maximum Gasteiger partial charge on any atom is 0.264 e. The van der Waals surface area contributed by atoms with Gasteiger partial charge in [0.05, 0.1) is 11.9 Å². The predicted molar refractivity (Wildman–Crippen MR) is 105 cm³/mol. The lowest BCUT2D eigenvalue weighted by molar-refractivity contribution is -0.116. The molecule has 1 N–H and O–H groups in total. The van der Waals surface area contributed by atoms with E-state index in [2.05, 4.69) is 20.4 Å². The average molecular weight is 392 g/mol. The first-order valence-electron chi connectivity index (χ1n) is 8.95. The standard InChI is InChI=1S/C20H17FN6O2/c1-13-24-19-16(12-23-27(19)15-7-5-14(21)6-8-15)20(29)26(13)11-9-18(28)25-17-4-2-3-10-22-17/h2-8,10,12H,9,11H2,1H3,(H,22,25,28). The first kappa shape index (κ1) is 18.5. The van der Waals surface area contributed by atoms with Gasteiger partial charge in [0.25, 0.3) is 5.56 Å². The van der Waals surface area contributed by atoms with E-state index < -0.39 is 0 Å². The Hall–Kier alpha value is -3.88. The Morgan fingerprint density at radius 2 is 1.97 bits per heavy atom. The number of hydrogen-bond acceptors (Lipinski definition) is 5. The van der Waals surface area contributed by atoms with E-state index in [1.165, 1.54) is 27.6 Å². The number of nitrogens with zero attached hydrogens (tertiary/aromatic N) is 5. The molecule has 9 heteroatoms. The van der Waals surface area contributed by atoms with Crippen LogP contribution in [0.2, 0.25) is 0 Å². The summed E-state index contributed by atoms with van der Waals surface area (Å²) in [6.45, 7) is 1.87. The molecule has 3 heterocycles. The third kappa shape index (κ3) is 3.75. The number of carbonyl (C=O) groups is 1. The molecule has 0 aliphatic rings. The van der Waals surface area contributed by atoms with Gasteiger partial charge in [0.1, 0.15) is 22.8 Å². The van der Waals surface area contributed by atoms with Gasteiger partial charge in [0.15, 0.2) is 5.65 Å². The van der Waals surface area contributed by atoms with Gasteiger partial charge in [-0.25, -0.2) is 19.0 Å². The monoisotopic (exact) mass is 392 g/mol. The molecule has 0 saturated heterocycles. The number of halogens is 1. The number of anilines is 1. The molecule has 3 aromatic heterocycles. The van der Waals surface area contributed by atoms with Crippen LogP contribution in [0.4, 0.5) is 10.2 Å². The van der Waals surface area contributed by atoms with Crippen LogP contribution in [-0.2, 0) is 11.3 Å². The molecule has 0 radical (unpaired) electrons. The summed E-state index contributed by atoms with van der Waals surface area (Å²) in [5.41, 5.74) is 0.694. The van der Waals surface area contributed by atoms with Gasteiger partial charge in [-0.3, -0.25) is 14.2 Å². The topological polar surface area (TPSA) is 94.7 Å². The van der Waals surface area contributed by atoms with E-state index in [4.69, 9.17) is 0 Å². The van der Waals surface area contributed by atoms with Gasteiger partial charge in [-0.05, 0) is 43.3 Å². The zero-order valence-corrected chi connectivity index (χ0v) is 15.5. The molecule has 0 aliphatic heterocycles. The number of nitrogens with one attached hydrogen (secondary N) is 1. The van der Waals surface area contributed by atoms with Gasteiger partial charge in [0, 0.05) is 19.2 Å². The zero-order valence-electron chi connectivity index (χ0n) is 15.5. The fraction of sp³-hybridized carbons (Fsp3) is 0.150. The predicted octanol–water partition coefficient (Wildman–Crippen LogP) is 2.45. The SMILES string of the molecule is Cc1nc2c(cnn2-c2ccc(F)cc2)c(=O)n1CCC(=O)Nc1ccccn1. The number of amides is 1. The third-order valence-corrected chi connectivity index (χ3v) is 4.44. The van der Waals surface area contributed by atoms with Crippen molar-refractivity contribution >= 4 is 22.8 Å². The molecule has 1 aromatic carbocycles. The van der Waals surface area contributed by atoms with Gasteiger partial charge in [0.2, 0.25) is 5.91 Å². The highest BCUT2D eigenvalue weighted by Crippen LogP contribution is 2.15. The van der Waals surface area contributed by atoms with E-state index in [0.717, 1.165) is 0 Å². The summed E-state index contributed by atoms with van der Waals surface area (Å²) in [7, 11) is 0. The Kier molecular flexibility index (Phi) is 4.86. The first-order chi connectivity index (χ1) is 14.0. The first-order valence-corrected chi connectivity index (χ1v) is 8.95. The highest BCUT2D eigenvalue weighted by Gasteiger charge is 2.15. The Morgan fingerprint density at radius 3 is 2.69 bits per heavy atom. The number of aryl methyl sites for hydroxylation is 1. The Bertz CT molecular complexity index is 1230. The molecule has 4 aromatic rings. The molecule has 0 saturated carbocycles. The van der Waals surface area contributed by atoms with E-state index in [-0.39, 0.29) is 30.2 Å². The summed E-state index contributed by atoms with van der Waals surface area (Å²) < 4.78 is 16.1. The number of benzene rings is 1. The lowest BCUT2D eigenvalue weighted by Crippen LogP contribution is -2.26. The highest BCUT2D eigenvalue weighted by molar-refractivity contribution is 5.89. The molecule has 1 amide bonds. The summed E-state index contributed by atoms with van der Waals surface area (Å²) in [6, 6.07) is 11.0. The fourth-order valence-electron chi connectivity index (χ4n) is 3.00. The maximum atomic E-state index is 13.2. The van der Waals surface area contributed by atoms with Gasteiger partial charge < -0.3 is 5.32 Å². The number of rotatable bonds is 5. The van der Waals surface area contributed by atoms with Crippen molar-refractivity contribution < 1.29 is 9.18 Å². The van der Waals surface area contributed by atoms with Crippen LogP contribution in [0.1, 0.15) is 12.2 Å². The van der Waals surface area contributed by atoms with E-state index in [0.29, 0.717) is 28.4 Å². The number of aromatic nitrogens is 5. The average Bonchev–Trinajstić information content (AvgIpc) is 3.13. The molecule has 0 bridgehead atoms. The van der Waals surface area contributed by atoms with Gasteiger partial charge in [-0.2, -0.15) is 5.10 Å². The van der Waals surface area contributed by atoms with E-state index >= 15 is 0 Å². The second-order valence-corrected chi connectivity index (χ2v) is 6.40. The van der Waals surface area contributed by atoms with Crippen LogP contribution in [0.15, 0.2) is 59.7 Å². The third-order valence-electron chi connectivity index (χ3n) is 4.44. The number of fused-ring (bicyclic) bond motifs is 1. The van der Waals surface area contributed by atoms with Crippen molar-refractivity contribution in [1.82, 2.24) is 24.3 Å². The second kappa shape index (κ2) is 7.63.